The average molecular weight is 349 g/mol. The first-order valence-corrected chi connectivity index (χ1v) is 8.35. The highest BCUT2D eigenvalue weighted by Crippen LogP contribution is 2.16. The molecule has 24 heavy (non-hydrogen) atoms. The monoisotopic (exact) mass is 349 g/mol. The van der Waals surface area contributed by atoms with Crippen molar-refractivity contribution >= 4 is 22.3 Å². The van der Waals surface area contributed by atoms with Crippen LogP contribution in [0.15, 0.2) is 58.4 Å². The minimum Gasteiger partial charge on any atom is -0.507 e. The Labute approximate surface area is 139 Å². The van der Waals surface area contributed by atoms with Crippen molar-refractivity contribution in [1.29, 1.82) is 0 Å². The number of benzene rings is 2. The summed E-state index contributed by atoms with van der Waals surface area (Å²) in [6.07, 6.45) is 1.44. The number of esters is 1. The van der Waals surface area contributed by atoms with Crippen molar-refractivity contribution in [3.05, 3.63) is 59.7 Å². The number of aromatic hydroxyl groups is 1. The third kappa shape index (κ3) is 4.64. The van der Waals surface area contributed by atoms with Gasteiger partial charge in [-0.25, -0.2) is 4.79 Å². The van der Waals surface area contributed by atoms with Gasteiger partial charge in [-0.1, -0.05) is 24.3 Å². The normalized spacial score (nSPS) is 11.5. The second-order valence-electron chi connectivity index (χ2n) is 4.70. The Hall–Kier alpha value is -2.71. The number of ether oxygens (including phenoxy) is 1. The van der Waals surface area contributed by atoms with Gasteiger partial charge >= 0.3 is 5.97 Å². The molecule has 0 aliphatic carbocycles. The lowest BCUT2D eigenvalue weighted by Gasteiger charge is -2.06. The number of carbonyl (C=O) groups is 1. The molecule has 0 aliphatic rings. The maximum atomic E-state index is 11.9. The van der Waals surface area contributed by atoms with E-state index in [0.717, 1.165) is 6.07 Å². The Balaban J connectivity index is 1.94. The first-order valence-electron chi connectivity index (χ1n) is 6.91. The minimum absolute atomic E-state index is 0.0806. The zero-order valence-electron chi connectivity index (χ0n) is 12.5. The molecule has 0 aliphatic heterocycles. The van der Waals surface area contributed by atoms with Crippen LogP contribution < -0.4 is 0 Å². The highest BCUT2D eigenvalue weighted by Gasteiger charge is 2.20. The van der Waals surface area contributed by atoms with Crippen molar-refractivity contribution in [3.63, 3.8) is 0 Å². The van der Waals surface area contributed by atoms with Gasteiger partial charge in [-0.15, -0.1) is 0 Å². The first kappa shape index (κ1) is 17.6. The van der Waals surface area contributed by atoms with Gasteiger partial charge in [0.15, 0.2) is 0 Å². The second-order valence-corrected chi connectivity index (χ2v) is 6.09. The summed E-state index contributed by atoms with van der Waals surface area (Å²) < 4.78 is 36.5. The van der Waals surface area contributed by atoms with Crippen molar-refractivity contribution < 1.29 is 27.6 Å². The molecule has 0 radical (unpaired) electrons. The van der Waals surface area contributed by atoms with Gasteiger partial charge < -0.3 is 9.84 Å². The zero-order chi connectivity index (χ0) is 17.6. The minimum atomic E-state index is -4.51. The fourth-order valence-corrected chi connectivity index (χ4v) is 2.57. The fourth-order valence-electron chi connectivity index (χ4n) is 1.89. The van der Waals surface area contributed by atoms with Crippen LogP contribution in [0.25, 0.3) is 0 Å². The number of phenols is 1. The lowest BCUT2D eigenvalue weighted by atomic mass is 10.2. The van der Waals surface area contributed by atoms with Crippen LogP contribution in [0.3, 0.4) is 0 Å². The van der Waals surface area contributed by atoms with Crippen LogP contribution in [-0.4, -0.2) is 43.4 Å². The van der Waals surface area contributed by atoms with Crippen molar-refractivity contribution in [1.82, 2.24) is 0 Å². The van der Waals surface area contributed by atoms with Crippen molar-refractivity contribution in [3.8, 4) is 5.75 Å². The third-order valence-corrected chi connectivity index (χ3v) is 3.92. The van der Waals surface area contributed by atoms with E-state index in [2.05, 4.69) is 4.99 Å². The van der Waals surface area contributed by atoms with Gasteiger partial charge in [0, 0.05) is 11.8 Å². The number of phenolic OH excluding ortho intramolecular Hbond substituents is 1. The number of rotatable bonds is 6. The zero-order valence-corrected chi connectivity index (χ0v) is 13.3. The van der Waals surface area contributed by atoms with E-state index in [1.807, 2.05) is 0 Å². The summed E-state index contributed by atoms with van der Waals surface area (Å²) in [6.45, 7) is 0.0524. The molecule has 0 bridgehead atoms. The summed E-state index contributed by atoms with van der Waals surface area (Å²) in [5.74, 6) is -0.790. The number of para-hydroxylation sites is 1. The van der Waals surface area contributed by atoms with Gasteiger partial charge in [0.25, 0.3) is 10.1 Å². The number of nitrogens with zero attached hydrogens (tertiary/aromatic N) is 1. The molecule has 0 fully saturated rings. The van der Waals surface area contributed by atoms with E-state index in [-0.39, 0.29) is 24.5 Å². The summed E-state index contributed by atoms with van der Waals surface area (Å²) in [7, 11) is -4.51. The van der Waals surface area contributed by atoms with Crippen molar-refractivity contribution in [2.45, 2.75) is 4.90 Å². The molecule has 2 N–H and O–H groups in total. The molecule has 2 rings (SSSR count). The summed E-state index contributed by atoms with van der Waals surface area (Å²) in [4.78, 5) is 15.4. The third-order valence-electron chi connectivity index (χ3n) is 3.01. The van der Waals surface area contributed by atoms with Gasteiger partial charge in [-0.3, -0.25) is 9.55 Å². The summed E-state index contributed by atoms with van der Waals surface area (Å²) in [5, 5.41) is 9.55. The Morgan fingerprint density at radius 2 is 1.79 bits per heavy atom. The van der Waals surface area contributed by atoms with Crippen LogP contribution in [0.1, 0.15) is 15.9 Å². The predicted molar refractivity (Wildman–Crippen MR) is 87.1 cm³/mol. The van der Waals surface area contributed by atoms with Crippen LogP contribution in [0, 0.1) is 0 Å². The maximum Gasteiger partial charge on any atom is 0.339 e. The Bertz CT molecular complexity index is 860. The van der Waals surface area contributed by atoms with E-state index in [9.17, 15) is 18.3 Å². The lowest BCUT2D eigenvalue weighted by molar-refractivity contribution is 0.0512. The maximum absolute atomic E-state index is 11.9. The van der Waals surface area contributed by atoms with Gasteiger partial charge in [0.1, 0.15) is 17.3 Å². The molecule has 2 aromatic rings. The standard InChI is InChI=1S/C16H15NO6S/c18-14-7-3-1-5-12(14)11-17-9-10-23-16(19)13-6-2-4-8-15(13)24(20,21)22/h1-8,11,18H,9-10H2,(H,20,21,22). The van der Waals surface area contributed by atoms with Crippen LogP contribution in [0.5, 0.6) is 5.75 Å². The van der Waals surface area contributed by atoms with E-state index >= 15 is 0 Å². The van der Waals surface area contributed by atoms with Gasteiger partial charge in [-0.05, 0) is 24.3 Å². The summed E-state index contributed by atoms with van der Waals surface area (Å²) in [5.41, 5.74) is 0.283. The number of carbonyl (C=O) groups excluding carboxylic acids is 1. The molecule has 0 saturated carbocycles. The number of hydrogen-bond donors (Lipinski definition) is 2. The molecule has 0 saturated heterocycles. The Morgan fingerprint density at radius 1 is 1.12 bits per heavy atom. The quantitative estimate of drug-likeness (QED) is 0.356. The molecular weight excluding hydrogens is 334 g/mol. The Morgan fingerprint density at radius 3 is 2.50 bits per heavy atom. The highest BCUT2D eigenvalue weighted by molar-refractivity contribution is 7.86. The lowest BCUT2D eigenvalue weighted by Crippen LogP contribution is -2.13. The molecule has 0 unspecified atom stereocenters. The second kappa shape index (κ2) is 7.71. The number of hydrogen-bond acceptors (Lipinski definition) is 6. The van der Waals surface area contributed by atoms with Crippen LogP contribution in [0.2, 0.25) is 0 Å². The van der Waals surface area contributed by atoms with Crippen molar-refractivity contribution in [2.75, 3.05) is 13.2 Å². The van der Waals surface area contributed by atoms with E-state index < -0.39 is 21.0 Å². The van der Waals surface area contributed by atoms with Gasteiger partial charge in [-0.2, -0.15) is 8.42 Å². The topological polar surface area (TPSA) is 113 Å². The molecule has 0 spiro atoms. The molecule has 8 heteroatoms. The molecule has 0 amide bonds. The summed E-state index contributed by atoms with van der Waals surface area (Å²) in [6, 6.07) is 11.8. The average Bonchev–Trinajstić information content (AvgIpc) is 2.55. The van der Waals surface area contributed by atoms with Crippen molar-refractivity contribution in [2.24, 2.45) is 4.99 Å². The largest absolute Gasteiger partial charge is 0.507 e. The predicted octanol–water partition coefficient (Wildman–Crippen LogP) is 1.91. The van der Waals surface area contributed by atoms with E-state index in [1.54, 1.807) is 18.2 Å². The SMILES string of the molecule is O=C(OCCN=Cc1ccccc1O)c1ccccc1S(=O)(=O)O. The van der Waals surface area contributed by atoms with Crippen LogP contribution >= 0.6 is 0 Å². The van der Waals surface area contributed by atoms with Gasteiger partial charge in [0.2, 0.25) is 0 Å². The van der Waals surface area contributed by atoms with E-state index in [0.29, 0.717) is 5.56 Å². The fraction of sp³-hybridized carbons (Fsp3) is 0.125. The first-order chi connectivity index (χ1) is 11.4. The van der Waals surface area contributed by atoms with Gasteiger partial charge in [0.05, 0.1) is 12.1 Å². The molecule has 126 valence electrons. The highest BCUT2D eigenvalue weighted by atomic mass is 32.2. The molecular formula is C16H15NO6S. The molecule has 0 atom stereocenters. The van der Waals surface area contributed by atoms with E-state index in [4.69, 9.17) is 9.29 Å². The van der Waals surface area contributed by atoms with E-state index in [1.165, 1.54) is 30.5 Å². The molecule has 0 aromatic heterocycles. The molecule has 7 nitrogen and oxygen atoms in total. The molecule has 0 heterocycles. The smallest absolute Gasteiger partial charge is 0.339 e. The van der Waals surface area contributed by atoms with Crippen LogP contribution in [0.4, 0.5) is 0 Å². The molecule has 2 aromatic carbocycles. The Kier molecular flexibility index (Phi) is 5.67. The van der Waals surface area contributed by atoms with Crippen LogP contribution in [-0.2, 0) is 14.9 Å². The summed E-state index contributed by atoms with van der Waals surface area (Å²) >= 11 is 0. The number of aliphatic imine (C=N–C) groups is 1.